The van der Waals surface area contributed by atoms with Crippen LogP contribution in [0, 0.1) is 5.92 Å². The Labute approximate surface area is 479 Å². The van der Waals surface area contributed by atoms with Crippen LogP contribution < -0.4 is 0 Å². The minimum atomic E-state index is -4.94. The Morgan fingerprint density at radius 1 is 0.354 bits per heavy atom. The van der Waals surface area contributed by atoms with Crippen molar-refractivity contribution in [2.75, 3.05) is 39.6 Å². The molecule has 17 nitrogen and oxygen atoms in total. The lowest BCUT2D eigenvalue weighted by Crippen LogP contribution is -2.30. The highest BCUT2D eigenvalue weighted by Gasteiger charge is 2.30. The molecule has 0 rings (SSSR count). The van der Waals surface area contributed by atoms with Gasteiger partial charge in [0.2, 0.25) is 0 Å². The smallest absolute Gasteiger partial charge is 0.462 e. The number of hydrogen-bond donors (Lipinski definition) is 3. The van der Waals surface area contributed by atoms with Gasteiger partial charge in [-0.3, -0.25) is 37.3 Å². The first-order chi connectivity index (χ1) is 38.1. The first kappa shape index (κ1) is 77.1. The van der Waals surface area contributed by atoms with E-state index >= 15 is 0 Å². The summed E-state index contributed by atoms with van der Waals surface area (Å²) in [6.07, 6.45) is 37.2. The number of esters is 4. The van der Waals surface area contributed by atoms with Crippen molar-refractivity contribution in [3.05, 3.63) is 0 Å². The molecule has 0 fully saturated rings. The van der Waals surface area contributed by atoms with Crippen molar-refractivity contribution in [3.63, 3.8) is 0 Å². The minimum Gasteiger partial charge on any atom is -0.462 e. The normalized spacial score (nSPS) is 14.7. The molecule has 79 heavy (non-hydrogen) atoms. The maximum atomic E-state index is 12.9. The summed E-state index contributed by atoms with van der Waals surface area (Å²) < 4.78 is 67.4. The van der Waals surface area contributed by atoms with Gasteiger partial charge < -0.3 is 33.8 Å². The second-order valence-corrected chi connectivity index (χ2v) is 24.9. The molecule has 0 saturated carbocycles. The second kappa shape index (κ2) is 54.0. The zero-order valence-electron chi connectivity index (χ0n) is 50.5. The molecule has 0 aromatic rings. The quantitative estimate of drug-likeness (QED) is 0.0222. The van der Waals surface area contributed by atoms with Crippen LogP contribution in [-0.4, -0.2) is 96.7 Å². The van der Waals surface area contributed by atoms with Crippen LogP contribution in [0.3, 0.4) is 0 Å². The van der Waals surface area contributed by atoms with E-state index in [2.05, 4.69) is 34.6 Å². The van der Waals surface area contributed by atoms with Gasteiger partial charge in [0.25, 0.3) is 0 Å². The Balaban J connectivity index is 5.06. The lowest BCUT2D eigenvalue weighted by molar-refractivity contribution is -0.161. The van der Waals surface area contributed by atoms with E-state index in [-0.39, 0.29) is 25.7 Å². The molecular weight excluding hydrogens is 1050 g/mol. The summed E-state index contributed by atoms with van der Waals surface area (Å²) >= 11 is 0. The van der Waals surface area contributed by atoms with Crippen LogP contribution in [0.15, 0.2) is 0 Å². The second-order valence-electron chi connectivity index (χ2n) is 22.0. The van der Waals surface area contributed by atoms with Gasteiger partial charge in [0.15, 0.2) is 12.2 Å². The third kappa shape index (κ3) is 53.8. The molecule has 468 valence electrons. The fourth-order valence-corrected chi connectivity index (χ4v) is 10.4. The minimum absolute atomic E-state index is 0.0987. The lowest BCUT2D eigenvalue weighted by atomic mass is 10.00. The fourth-order valence-electron chi connectivity index (χ4n) is 8.84. The Bertz CT molecular complexity index is 1550. The fraction of sp³-hybridized carbons (Fsp3) is 0.933. The van der Waals surface area contributed by atoms with Crippen LogP contribution in [0.5, 0.6) is 0 Å². The first-order valence-electron chi connectivity index (χ1n) is 31.7. The van der Waals surface area contributed by atoms with Crippen molar-refractivity contribution in [2.45, 2.75) is 316 Å². The summed E-state index contributed by atoms with van der Waals surface area (Å²) in [6.45, 7) is 6.94. The molecule has 0 aromatic heterocycles. The van der Waals surface area contributed by atoms with Gasteiger partial charge in [-0.2, -0.15) is 0 Å². The van der Waals surface area contributed by atoms with Crippen molar-refractivity contribution >= 4 is 39.5 Å². The van der Waals surface area contributed by atoms with Gasteiger partial charge in [-0.05, 0) is 31.6 Å². The average molecular weight is 1170 g/mol. The van der Waals surface area contributed by atoms with E-state index in [0.717, 1.165) is 109 Å². The molecule has 0 aliphatic carbocycles. The number of unbranched alkanes of at least 4 members (excludes halogenated alkanes) is 31. The number of aliphatic hydroxyl groups is 1. The third-order valence-electron chi connectivity index (χ3n) is 14.1. The molecule has 0 spiro atoms. The monoisotopic (exact) mass is 1170 g/mol. The number of aliphatic hydroxyl groups excluding tert-OH is 1. The molecule has 0 aliphatic rings. The van der Waals surface area contributed by atoms with Crippen LogP contribution in [0.4, 0.5) is 0 Å². The Kier molecular flexibility index (Phi) is 52.7. The Morgan fingerprint density at radius 2 is 0.608 bits per heavy atom. The highest BCUT2D eigenvalue weighted by atomic mass is 31.2. The maximum absolute atomic E-state index is 12.9. The van der Waals surface area contributed by atoms with Crippen molar-refractivity contribution in [1.29, 1.82) is 0 Å². The zero-order chi connectivity index (χ0) is 58.5. The average Bonchev–Trinajstić information content (AvgIpc) is 3.42. The van der Waals surface area contributed by atoms with Gasteiger partial charge in [-0.1, -0.05) is 247 Å². The Morgan fingerprint density at radius 3 is 0.899 bits per heavy atom. The first-order valence-corrected chi connectivity index (χ1v) is 34.7. The van der Waals surface area contributed by atoms with Crippen LogP contribution in [0.2, 0.25) is 0 Å². The number of carbonyl (C=O) groups is 4. The van der Waals surface area contributed by atoms with Crippen molar-refractivity contribution in [1.82, 2.24) is 0 Å². The topological polar surface area (TPSA) is 237 Å². The summed E-state index contributed by atoms with van der Waals surface area (Å²) in [5, 5.41) is 10.5. The number of phosphoric acid groups is 2. The molecule has 0 aliphatic heterocycles. The van der Waals surface area contributed by atoms with E-state index in [4.69, 9.17) is 37.0 Å². The third-order valence-corrected chi connectivity index (χ3v) is 16.0. The molecule has 0 amide bonds. The summed E-state index contributed by atoms with van der Waals surface area (Å²) in [5.74, 6) is -1.43. The molecule has 3 N–H and O–H groups in total. The SMILES string of the molecule is CCCCCCCCCCCCCCCCCCCCCC(=O)O[C@H](COC(=O)CCCCCCCCC(C)CC)COP(=O)(O)OC[C@@H](O)COP(=O)(O)OC[C@@H](COC(=O)CCCCCCC)OC(=O)CCCCCCC. The summed E-state index contributed by atoms with van der Waals surface area (Å²) in [4.78, 5) is 71.5. The van der Waals surface area contributed by atoms with Crippen LogP contribution in [-0.2, 0) is 65.4 Å². The molecule has 0 aromatic carbocycles. The van der Waals surface area contributed by atoms with Crippen LogP contribution >= 0.6 is 15.6 Å². The van der Waals surface area contributed by atoms with E-state index in [1.54, 1.807) is 0 Å². The molecule has 0 heterocycles. The van der Waals surface area contributed by atoms with E-state index in [1.165, 1.54) is 109 Å². The predicted molar refractivity (Wildman–Crippen MR) is 312 cm³/mol. The molecule has 0 radical (unpaired) electrons. The standard InChI is InChI=1S/C60H116O17P2/c1-6-10-13-16-17-18-19-20-21-22-23-24-25-26-27-28-29-36-41-46-60(65)77-56(50-71-58(63)44-39-35-31-30-34-37-42-53(5)9-4)52-75-79(68,69)73-48-54(61)47-72-78(66,67)74-51-55(76-59(64)45-40-33-15-12-8-3)49-70-57(62)43-38-32-14-11-7-2/h53-56,61H,6-52H2,1-5H3,(H,66,67)(H,68,69)/t53?,54-,55+,56+/m0/s1. The van der Waals surface area contributed by atoms with Gasteiger partial charge in [-0.15, -0.1) is 0 Å². The number of carbonyl (C=O) groups excluding carboxylic acids is 4. The molecule has 19 heteroatoms. The molecule has 0 saturated heterocycles. The van der Waals surface area contributed by atoms with Gasteiger partial charge in [0.05, 0.1) is 26.4 Å². The maximum Gasteiger partial charge on any atom is 0.472 e. The van der Waals surface area contributed by atoms with E-state index in [1.807, 2.05) is 0 Å². The number of rotatable bonds is 60. The van der Waals surface area contributed by atoms with Crippen LogP contribution in [0.1, 0.15) is 298 Å². The largest absolute Gasteiger partial charge is 0.472 e. The van der Waals surface area contributed by atoms with Crippen molar-refractivity contribution < 1.29 is 80.2 Å². The summed E-state index contributed by atoms with van der Waals surface area (Å²) in [6, 6.07) is 0. The van der Waals surface area contributed by atoms with E-state index in [0.29, 0.717) is 25.7 Å². The molecular formula is C60H116O17P2. The van der Waals surface area contributed by atoms with E-state index < -0.39 is 97.5 Å². The van der Waals surface area contributed by atoms with Gasteiger partial charge >= 0.3 is 39.5 Å². The highest BCUT2D eigenvalue weighted by Crippen LogP contribution is 2.45. The number of phosphoric ester groups is 2. The molecule has 0 bridgehead atoms. The number of ether oxygens (including phenoxy) is 4. The predicted octanol–water partition coefficient (Wildman–Crippen LogP) is 16.2. The molecule has 3 unspecified atom stereocenters. The van der Waals surface area contributed by atoms with E-state index in [9.17, 15) is 43.2 Å². The summed E-state index contributed by atoms with van der Waals surface area (Å²) in [5.41, 5.74) is 0. The number of hydrogen-bond acceptors (Lipinski definition) is 15. The van der Waals surface area contributed by atoms with Gasteiger partial charge in [0.1, 0.15) is 19.3 Å². The van der Waals surface area contributed by atoms with Crippen molar-refractivity contribution in [3.8, 4) is 0 Å². The summed E-state index contributed by atoms with van der Waals surface area (Å²) in [7, 11) is -9.86. The highest BCUT2D eigenvalue weighted by molar-refractivity contribution is 7.47. The van der Waals surface area contributed by atoms with Crippen molar-refractivity contribution in [2.24, 2.45) is 5.92 Å². The lowest BCUT2D eigenvalue weighted by Gasteiger charge is -2.21. The van der Waals surface area contributed by atoms with Gasteiger partial charge in [0, 0.05) is 25.7 Å². The zero-order valence-corrected chi connectivity index (χ0v) is 52.3. The van der Waals surface area contributed by atoms with Gasteiger partial charge in [-0.25, -0.2) is 9.13 Å². The molecule has 6 atom stereocenters. The Hall–Kier alpha value is -1.94. The van der Waals surface area contributed by atoms with Crippen LogP contribution in [0.25, 0.3) is 0 Å².